The van der Waals surface area contributed by atoms with Crippen LogP contribution in [-0.4, -0.2) is 13.7 Å². The molecule has 3 heteroatoms. The van der Waals surface area contributed by atoms with E-state index in [-0.39, 0.29) is 16.8 Å². The molecule has 0 saturated heterocycles. The van der Waals surface area contributed by atoms with Gasteiger partial charge in [-0.25, -0.2) is 0 Å². The summed E-state index contributed by atoms with van der Waals surface area (Å²) in [7, 11) is 0. The van der Waals surface area contributed by atoms with E-state index in [0.717, 1.165) is 65.8 Å². The molecule has 238 valence electrons. The molecule has 0 N–H and O–H groups in total. The predicted molar refractivity (Wildman–Crippen MR) is 215 cm³/mol. The zero-order valence-electron chi connectivity index (χ0n) is 36.0. The number of fused-ring (bicyclic) bond motifs is 9. The first kappa shape index (κ1) is 20.6. The van der Waals surface area contributed by atoms with Crippen LogP contribution < -0.4 is 0 Å². The lowest BCUT2D eigenvalue weighted by atomic mass is 10.0. The number of para-hydroxylation sites is 6. The van der Waals surface area contributed by atoms with Crippen molar-refractivity contribution in [1.29, 1.82) is 0 Å². The van der Waals surface area contributed by atoms with Crippen molar-refractivity contribution < 1.29 is 12.3 Å². The van der Waals surface area contributed by atoms with Crippen LogP contribution in [0.2, 0.25) is 0 Å². The van der Waals surface area contributed by atoms with Crippen LogP contribution in [0.4, 0.5) is 0 Å². The van der Waals surface area contributed by atoms with Gasteiger partial charge >= 0.3 is 0 Å². The summed E-state index contributed by atoms with van der Waals surface area (Å²) in [4.78, 5) is 0. The molecule has 0 saturated carbocycles. The van der Waals surface area contributed by atoms with Gasteiger partial charge < -0.3 is 13.7 Å². The van der Waals surface area contributed by atoms with Crippen LogP contribution in [0.3, 0.4) is 0 Å². The molecular weight excluding hydrogens is 619 g/mol. The molecule has 8 aromatic carbocycles. The molecule has 0 aliphatic carbocycles. The van der Waals surface area contributed by atoms with Crippen molar-refractivity contribution in [2.75, 3.05) is 0 Å². The van der Waals surface area contributed by atoms with Gasteiger partial charge in [-0.2, -0.15) is 0 Å². The monoisotopic (exact) mass is 658 g/mol. The number of benzene rings is 8. The molecule has 0 aliphatic rings. The molecular formula is C48H31N3. The first-order valence-corrected chi connectivity index (χ1v) is 16.8. The van der Waals surface area contributed by atoms with E-state index in [1.165, 1.54) is 0 Å². The fraction of sp³-hybridized carbons (Fsp3) is 0. The third kappa shape index (κ3) is 4.00. The van der Waals surface area contributed by atoms with Crippen molar-refractivity contribution in [3.8, 4) is 28.2 Å². The quantitative estimate of drug-likeness (QED) is 0.179. The molecule has 0 bridgehead atoms. The molecule has 3 heterocycles. The fourth-order valence-electron chi connectivity index (χ4n) is 8.00. The molecule has 0 aliphatic heterocycles. The van der Waals surface area contributed by atoms with Crippen molar-refractivity contribution in [2.45, 2.75) is 0 Å². The molecule has 0 fully saturated rings. The maximum Gasteiger partial charge on any atom is 0.0782 e. The number of rotatable bonds is 4. The first-order chi connectivity index (χ1) is 29.1. The van der Waals surface area contributed by atoms with Crippen molar-refractivity contribution in [2.24, 2.45) is 0 Å². The van der Waals surface area contributed by atoms with E-state index in [2.05, 4.69) is 88.0 Å². The topological polar surface area (TPSA) is 14.8 Å². The Kier molecular flexibility index (Phi) is 4.38. The van der Waals surface area contributed by atoms with Gasteiger partial charge in [-0.3, -0.25) is 0 Å². The largest absolute Gasteiger partial charge is 0.309 e. The van der Waals surface area contributed by atoms with Crippen LogP contribution in [0.1, 0.15) is 12.3 Å². The lowest BCUT2D eigenvalue weighted by Gasteiger charge is -2.17. The van der Waals surface area contributed by atoms with Gasteiger partial charge in [-0.15, -0.1) is 0 Å². The summed E-state index contributed by atoms with van der Waals surface area (Å²) in [6.07, 6.45) is 0. The highest BCUT2D eigenvalue weighted by atomic mass is 15.1. The summed E-state index contributed by atoms with van der Waals surface area (Å²) >= 11 is 0. The minimum atomic E-state index is -0.599. The Morgan fingerprint density at radius 3 is 1.55 bits per heavy atom. The second-order valence-corrected chi connectivity index (χ2v) is 12.7. The molecule has 0 spiro atoms. The molecule has 3 aromatic heterocycles. The smallest absolute Gasteiger partial charge is 0.0782 e. The molecule has 0 atom stereocenters. The standard InChI is InChI=1S/C48H31N3/c1-2-15-32(16-3-1)34-17-4-9-23-41(34)51-45-27-13-7-20-37(45)39-22-14-28-47(48(39)51)50-44-26-12-8-21-38(44)40-31-33(29-30-46(40)50)49-42-24-10-5-18-35(42)36-19-6-11-25-43(36)49/h1-31H/i1D,2D,3D,4D,9D,15D,16D,17D,23D. The molecule has 0 radical (unpaired) electrons. The van der Waals surface area contributed by atoms with E-state index in [0.29, 0.717) is 11.0 Å². The van der Waals surface area contributed by atoms with Gasteiger partial charge in [0.05, 0.1) is 56.8 Å². The second-order valence-electron chi connectivity index (χ2n) is 12.7. The maximum absolute atomic E-state index is 9.48. The number of hydrogen-bond acceptors (Lipinski definition) is 0. The minimum Gasteiger partial charge on any atom is -0.309 e. The van der Waals surface area contributed by atoms with E-state index in [1.807, 2.05) is 54.6 Å². The van der Waals surface area contributed by atoms with Gasteiger partial charge in [0, 0.05) is 43.6 Å². The Morgan fingerprint density at radius 1 is 0.353 bits per heavy atom. The molecule has 3 nitrogen and oxygen atoms in total. The minimum absolute atomic E-state index is 0.0207. The van der Waals surface area contributed by atoms with E-state index in [4.69, 9.17) is 9.60 Å². The fourth-order valence-corrected chi connectivity index (χ4v) is 8.00. The van der Waals surface area contributed by atoms with Crippen LogP contribution in [0.5, 0.6) is 0 Å². The average Bonchev–Trinajstić information content (AvgIpc) is 3.92. The lowest BCUT2D eigenvalue weighted by Crippen LogP contribution is -2.02. The molecule has 51 heavy (non-hydrogen) atoms. The van der Waals surface area contributed by atoms with Crippen LogP contribution in [0, 0.1) is 0 Å². The van der Waals surface area contributed by atoms with Gasteiger partial charge in [0.15, 0.2) is 0 Å². The molecule has 0 amide bonds. The van der Waals surface area contributed by atoms with Gasteiger partial charge in [0.25, 0.3) is 0 Å². The first-order valence-electron chi connectivity index (χ1n) is 21.3. The Balaban J connectivity index is 1.27. The molecule has 11 rings (SSSR count). The highest BCUT2D eigenvalue weighted by Crippen LogP contribution is 2.42. The zero-order chi connectivity index (χ0) is 41.3. The average molecular weight is 659 g/mol. The van der Waals surface area contributed by atoms with Crippen LogP contribution in [0.15, 0.2) is 188 Å². The maximum atomic E-state index is 9.48. The summed E-state index contributed by atoms with van der Waals surface area (Å²) < 4.78 is 85.9. The zero-order valence-corrected chi connectivity index (χ0v) is 27.0. The Bertz CT molecular complexity index is 3590. The molecule has 0 unspecified atom stereocenters. The van der Waals surface area contributed by atoms with E-state index in [1.54, 1.807) is 4.57 Å². The Morgan fingerprint density at radius 2 is 0.863 bits per heavy atom. The second kappa shape index (κ2) is 10.8. The van der Waals surface area contributed by atoms with Crippen LogP contribution in [0.25, 0.3) is 93.6 Å². The number of hydrogen-bond donors (Lipinski definition) is 0. The summed E-state index contributed by atoms with van der Waals surface area (Å²) in [5.41, 5.74) is 6.46. The van der Waals surface area contributed by atoms with Crippen LogP contribution in [-0.2, 0) is 0 Å². The Labute approximate surface area is 307 Å². The van der Waals surface area contributed by atoms with Crippen LogP contribution >= 0.6 is 0 Å². The lowest BCUT2D eigenvalue weighted by molar-refractivity contribution is 1.13. The molecule has 11 aromatic rings. The number of aromatic nitrogens is 3. The normalized spacial score (nSPS) is 14.4. The van der Waals surface area contributed by atoms with Gasteiger partial charge in [-0.05, 0) is 60.1 Å². The summed E-state index contributed by atoms with van der Waals surface area (Å²) in [6, 6.07) is 40.0. The summed E-state index contributed by atoms with van der Waals surface area (Å²) in [6.45, 7) is 0. The SMILES string of the molecule is [2H]c1c([2H])c([2H])c(-c2c([2H])c([2H])c([2H])c([2H])c2-n2c3ccccc3c3cccc(-n4c5ccccc5c5cc(-n6c7ccccc7c7ccccc76)ccc54)c32)c([2H])c1[2H]. The van der Waals surface area contributed by atoms with Crippen molar-refractivity contribution in [1.82, 2.24) is 13.7 Å². The third-order valence-electron chi connectivity index (χ3n) is 10.1. The predicted octanol–water partition coefficient (Wildman–Crippen LogP) is 12.6. The third-order valence-corrected chi connectivity index (χ3v) is 10.1. The highest BCUT2D eigenvalue weighted by molar-refractivity contribution is 6.16. The van der Waals surface area contributed by atoms with Crippen molar-refractivity contribution >= 4 is 65.4 Å². The van der Waals surface area contributed by atoms with Crippen molar-refractivity contribution in [3.63, 3.8) is 0 Å². The van der Waals surface area contributed by atoms with Gasteiger partial charge in [0.1, 0.15) is 0 Å². The summed E-state index contributed by atoms with van der Waals surface area (Å²) in [5, 5.41) is 5.95. The van der Waals surface area contributed by atoms with Crippen molar-refractivity contribution in [3.05, 3.63) is 188 Å². The van der Waals surface area contributed by atoms with E-state index < -0.39 is 54.4 Å². The van der Waals surface area contributed by atoms with Gasteiger partial charge in [-0.1, -0.05) is 133 Å². The van der Waals surface area contributed by atoms with E-state index >= 15 is 0 Å². The van der Waals surface area contributed by atoms with E-state index in [9.17, 15) is 2.74 Å². The highest BCUT2D eigenvalue weighted by Gasteiger charge is 2.22. The number of nitrogens with zero attached hydrogens (tertiary/aromatic N) is 3. The Hall–Kier alpha value is -6.84. The van der Waals surface area contributed by atoms with Gasteiger partial charge in [0.2, 0.25) is 0 Å². The summed E-state index contributed by atoms with van der Waals surface area (Å²) in [5.74, 6) is 0.